The molecule has 6 heavy (non-hydrogen) atoms. The van der Waals surface area contributed by atoms with Crippen molar-refractivity contribution in [2.24, 2.45) is 5.11 Å². The number of carboxylic acids is 1. The van der Waals surface area contributed by atoms with Crippen molar-refractivity contribution in [3.8, 4) is 0 Å². The second-order valence-electron chi connectivity index (χ2n) is 0.734. The van der Waals surface area contributed by atoms with E-state index >= 15 is 0 Å². The molecule has 0 bridgehead atoms. The van der Waals surface area contributed by atoms with Crippen LogP contribution in [-0.2, 0) is 4.79 Å². The molecule has 4 nitrogen and oxygen atoms in total. The lowest BCUT2D eigenvalue weighted by Gasteiger charge is -1.70. The van der Waals surface area contributed by atoms with Crippen molar-refractivity contribution >= 4 is 5.97 Å². The average Bonchev–Trinajstić information content (AvgIpc) is 1.35. The fourth-order valence-electron chi connectivity index (χ4n) is 0.0781. The zero-order chi connectivity index (χ0) is 4.99. The molecule has 0 radical (unpaired) electrons. The minimum atomic E-state index is -1.00. The van der Waals surface area contributed by atoms with Crippen LogP contribution < -0.4 is 5.53 Å². The zero-order valence-corrected chi connectivity index (χ0v) is 3.09. The Bertz CT molecular complexity index is 69.9. The third-order valence-corrected chi connectivity index (χ3v) is 0.227. The van der Waals surface area contributed by atoms with E-state index in [0.29, 0.717) is 0 Å². The molecule has 0 aromatic rings. The predicted octanol–water partition coefficient (Wildman–Crippen LogP) is -1.72. The summed E-state index contributed by atoms with van der Waals surface area (Å²) in [4.78, 5) is 9.43. The Balaban J connectivity index is 3.05. The maximum absolute atomic E-state index is 9.43. The van der Waals surface area contributed by atoms with Crippen LogP contribution in [0.2, 0.25) is 0 Å². The van der Waals surface area contributed by atoms with Crippen LogP contribution in [0.1, 0.15) is 0 Å². The minimum absolute atomic E-state index is 0.306. The molecule has 0 amide bonds. The summed E-state index contributed by atoms with van der Waals surface area (Å²) in [7, 11) is 0. The van der Waals surface area contributed by atoms with E-state index in [0.717, 1.165) is 0 Å². The van der Waals surface area contributed by atoms with E-state index in [4.69, 9.17) is 5.11 Å². The molecule has 0 aliphatic heterocycles. The number of nitrogens with zero attached hydrogens (tertiary/aromatic N) is 1. The van der Waals surface area contributed by atoms with Gasteiger partial charge >= 0.3 is 5.97 Å². The van der Waals surface area contributed by atoms with Gasteiger partial charge < -0.3 is 5.11 Å². The van der Waals surface area contributed by atoms with Gasteiger partial charge in [-0.3, -0.25) is 0 Å². The molecule has 0 aromatic heterocycles. The van der Waals surface area contributed by atoms with Crippen LogP contribution in [0, 0.1) is 0 Å². The SMILES string of the molecule is [NH2+]=NCC(=O)O. The van der Waals surface area contributed by atoms with Crippen LogP contribution >= 0.6 is 0 Å². The topological polar surface area (TPSA) is 75.2 Å². The van der Waals surface area contributed by atoms with Crippen molar-refractivity contribution in [3.05, 3.63) is 0 Å². The van der Waals surface area contributed by atoms with Gasteiger partial charge in [-0.1, -0.05) is 0 Å². The maximum Gasteiger partial charge on any atom is 0.331 e. The van der Waals surface area contributed by atoms with Gasteiger partial charge in [-0.05, 0) is 5.11 Å². The lowest BCUT2D eigenvalue weighted by Crippen LogP contribution is -2.26. The highest BCUT2D eigenvalue weighted by molar-refractivity contribution is 5.68. The van der Waals surface area contributed by atoms with E-state index in [9.17, 15) is 4.79 Å². The Kier molecular flexibility index (Phi) is 1.96. The molecule has 0 aliphatic rings. The molecule has 0 aliphatic carbocycles. The molecule has 3 N–H and O–H groups in total. The number of hydrogen-bond acceptors (Lipinski definition) is 2. The number of carboxylic acid groups (broad SMARTS) is 1. The van der Waals surface area contributed by atoms with E-state index in [1.54, 1.807) is 0 Å². The first kappa shape index (κ1) is 5.07. The first-order valence-electron chi connectivity index (χ1n) is 1.36. The van der Waals surface area contributed by atoms with Crippen molar-refractivity contribution in [2.75, 3.05) is 6.54 Å². The first-order valence-corrected chi connectivity index (χ1v) is 1.36. The van der Waals surface area contributed by atoms with Crippen LogP contribution in [0.25, 0.3) is 0 Å². The van der Waals surface area contributed by atoms with Gasteiger partial charge in [0.25, 0.3) is 0 Å². The lowest BCUT2D eigenvalue weighted by atomic mass is 10.7. The summed E-state index contributed by atoms with van der Waals surface area (Å²) in [6, 6.07) is 0. The Labute approximate surface area is 34.3 Å². The van der Waals surface area contributed by atoms with Crippen molar-refractivity contribution in [2.45, 2.75) is 0 Å². The smallest absolute Gasteiger partial charge is 0.331 e. The van der Waals surface area contributed by atoms with Gasteiger partial charge in [-0.25, -0.2) is 4.79 Å². The molecule has 0 aromatic carbocycles. The predicted molar refractivity (Wildman–Crippen MR) is 16.9 cm³/mol. The molecular weight excluding hydrogens is 84.0 g/mol. The highest BCUT2D eigenvalue weighted by Crippen LogP contribution is 1.58. The molecule has 0 spiro atoms. The standard InChI is InChI=1S/C2H4N2O2/c3-4-1-2(5)6/h3H,1H2,(H,5,6)/p+1. The summed E-state index contributed by atoms with van der Waals surface area (Å²) in [5.74, 6) is -1.00. The van der Waals surface area contributed by atoms with Gasteiger partial charge in [-0.15, -0.1) is 0 Å². The molecule has 0 atom stereocenters. The van der Waals surface area contributed by atoms with Crippen LogP contribution in [0.4, 0.5) is 0 Å². The van der Waals surface area contributed by atoms with E-state index in [-0.39, 0.29) is 6.54 Å². The summed E-state index contributed by atoms with van der Waals surface area (Å²) >= 11 is 0. The van der Waals surface area contributed by atoms with Crippen molar-refractivity contribution in [1.29, 1.82) is 0 Å². The second kappa shape index (κ2) is 2.32. The summed E-state index contributed by atoms with van der Waals surface area (Å²) in [5.41, 5.74) is 4.47. The molecule has 4 heteroatoms. The summed E-state index contributed by atoms with van der Waals surface area (Å²) in [5, 5.41) is 10.6. The van der Waals surface area contributed by atoms with Crippen LogP contribution in [0.5, 0.6) is 0 Å². The molecule has 0 unspecified atom stereocenters. The highest BCUT2D eigenvalue weighted by Gasteiger charge is 1.89. The van der Waals surface area contributed by atoms with Gasteiger partial charge in [-0.2, -0.15) is 5.53 Å². The van der Waals surface area contributed by atoms with E-state index < -0.39 is 5.97 Å². The maximum atomic E-state index is 9.43. The Hall–Kier alpha value is -0.930. The Morgan fingerprint density at radius 1 is 2.00 bits per heavy atom. The number of carbonyl (C=O) groups is 1. The molecule has 0 saturated heterocycles. The Morgan fingerprint density at radius 3 is 2.50 bits per heavy atom. The number of rotatable bonds is 2. The number of aliphatic carboxylic acids is 1. The molecule has 34 valence electrons. The number of nitrogens with two attached hydrogens (primary N) is 1. The molecule has 0 rings (SSSR count). The third kappa shape index (κ3) is 3.07. The quantitative estimate of drug-likeness (QED) is 0.395. The molecular formula is C2H5N2O2+. The first-order chi connectivity index (χ1) is 2.77. The minimum Gasteiger partial charge on any atom is -0.480 e. The van der Waals surface area contributed by atoms with Gasteiger partial charge in [0, 0.05) is 0 Å². The van der Waals surface area contributed by atoms with Crippen molar-refractivity contribution in [1.82, 2.24) is 0 Å². The van der Waals surface area contributed by atoms with E-state index in [2.05, 4.69) is 10.6 Å². The van der Waals surface area contributed by atoms with Gasteiger partial charge in [0.2, 0.25) is 0 Å². The lowest BCUT2D eigenvalue weighted by molar-refractivity contribution is -0.222. The fourth-order valence-corrected chi connectivity index (χ4v) is 0.0781. The number of hydrogen-bond donors (Lipinski definition) is 2. The molecule has 0 saturated carbocycles. The molecule has 0 fully saturated rings. The fraction of sp³-hybridized carbons (Fsp3) is 0.500. The zero-order valence-electron chi connectivity index (χ0n) is 3.09. The summed E-state index contributed by atoms with van der Waals surface area (Å²) < 4.78 is 0. The second-order valence-corrected chi connectivity index (χ2v) is 0.734. The third-order valence-electron chi connectivity index (χ3n) is 0.227. The van der Waals surface area contributed by atoms with Crippen molar-refractivity contribution in [3.63, 3.8) is 0 Å². The van der Waals surface area contributed by atoms with Crippen LogP contribution in [0.15, 0.2) is 5.11 Å². The van der Waals surface area contributed by atoms with Gasteiger partial charge in [0.1, 0.15) is 0 Å². The van der Waals surface area contributed by atoms with E-state index in [1.165, 1.54) is 0 Å². The average molecular weight is 89.1 g/mol. The van der Waals surface area contributed by atoms with Gasteiger partial charge in [0.05, 0.1) is 0 Å². The highest BCUT2D eigenvalue weighted by atomic mass is 16.4. The molecule has 0 heterocycles. The van der Waals surface area contributed by atoms with Crippen LogP contribution in [0.3, 0.4) is 0 Å². The Morgan fingerprint density at radius 2 is 2.50 bits per heavy atom. The summed E-state index contributed by atoms with van der Waals surface area (Å²) in [6.45, 7) is -0.306. The van der Waals surface area contributed by atoms with E-state index in [1.807, 2.05) is 0 Å². The monoisotopic (exact) mass is 89.0 g/mol. The summed E-state index contributed by atoms with van der Waals surface area (Å²) in [6.07, 6.45) is 0. The van der Waals surface area contributed by atoms with Crippen molar-refractivity contribution < 1.29 is 15.4 Å². The largest absolute Gasteiger partial charge is 0.480 e. The van der Waals surface area contributed by atoms with Gasteiger partial charge in [0.15, 0.2) is 6.54 Å². The normalized spacial score (nSPS) is 7.33. The van der Waals surface area contributed by atoms with Crippen LogP contribution in [-0.4, -0.2) is 17.6 Å².